The predicted octanol–water partition coefficient (Wildman–Crippen LogP) is 4.31. The number of carbonyl (C=O) groups is 2. The lowest BCUT2D eigenvalue weighted by atomic mass is 10.1. The van der Waals surface area contributed by atoms with Crippen molar-refractivity contribution in [1.82, 2.24) is 5.32 Å². The first-order valence-electron chi connectivity index (χ1n) is 9.32. The molecule has 0 heterocycles. The van der Waals surface area contributed by atoms with Crippen LogP contribution in [0.5, 0.6) is 0 Å². The third kappa shape index (κ3) is 5.84. The van der Waals surface area contributed by atoms with Crippen LogP contribution in [0, 0.1) is 0 Å². The molecule has 0 fully saturated rings. The fourth-order valence-electron chi connectivity index (χ4n) is 2.73. The van der Waals surface area contributed by atoms with Crippen molar-refractivity contribution in [3.8, 4) is 0 Å². The quantitative estimate of drug-likeness (QED) is 0.800. The van der Waals surface area contributed by atoms with E-state index in [9.17, 15) is 9.59 Å². The van der Waals surface area contributed by atoms with Gasteiger partial charge in [0.05, 0.1) is 0 Å². The number of nitrogens with one attached hydrogen (secondary N) is 2. The SMILES string of the molecule is CCN(CC)c1ccc(NC(=O)c2ccc(C(=O)NC(C)(C)C)cc2)cc1. The number of rotatable bonds is 6. The van der Waals surface area contributed by atoms with Gasteiger partial charge >= 0.3 is 0 Å². The highest BCUT2D eigenvalue weighted by atomic mass is 16.2. The number of benzene rings is 2. The maximum Gasteiger partial charge on any atom is 0.255 e. The van der Waals surface area contributed by atoms with Gasteiger partial charge in [0.1, 0.15) is 0 Å². The summed E-state index contributed by atoms with van der Waals surface area (Å²) in [7, 11) is 0. The Balaban J connectivity index is 2.03. The van der Waals surface area contributed by atoms with Gasteiger partial charge in [-0.25, -0.2) is 0 Å². The van der Waals surface area contributed by atoms with Gasteiger partial charge in [-0.1, -0.05) is 0 Å². The summed E-state index contributed by atoms with van der Waals surface area (Å²) in [5.74, 6) is -0.352. The molecule has 0 aromatic heterocycles. The second kappa shape index (κ2) is 8.71. The Bertz CT molecular complexity index is 771. The van der Waals surface area contributed by atoms with Gasteiger partial charge in [0.25, 0.3) is 11.8 Å². The van der Waals surface area contributed by atoms with Crippen LogP contribution in [0.25, 0.3) is 0 Å². The van der Waals surface area contributed by atoms with E-state index in [0.29, 0.717) is 11.1 Å². The molecule has 2 rings (SSSR count). The maximum absolute atomic E-state index is 12.4. The van der Waals surface area contributed by atoms with Crippen molar-refractivity contribution in [2.24, 2.45) is 0 Å². The van der Waals surface area contributed by atoms with Gasteiger partial charge in [-0.2, -0.15) is 0 Å². The van der Waals surface area contributed by atoms with E-state index in [1.54, 1.807) is 24.3 Å². The van der Waals surface area contributed by atoms with Crippen LogP contribution in [0.4, 0.5) is 11.4 Å². The lowest BCUT2D eigenvalue weighted by molar-refractivity contribution is 0.0918. The topological polar surface area (TPSA) is 61.4 Å². The fourth-order valence-corrected chi connectivity index (χ4v) is 2.73. The Morgan fingerprint density at radius 3 is 1.74 bits per heavy atom. The van der Waals surface area contributed by atoms with Gasteiger partial charge in [0, 0.05) is 41.1 Å². The second-order valence-corrected chi connectivity index (χ2v) is 7.45. The van der Waals surface area contributed by atoms with Crippen molar-refractivity contribution < 1.29 is 9.59 Å². The average Bonchev–Trinajstić information content (AvgIpc) is 2.63. The molecule has 2 aromatic rings. The van der Waals surface area contributed by atoms with E-state index in [4.69, 9.17) is 0 Å². The molecule has 5 nitrogen and oxygen atoms in total. The van der Waals surface area contributed by atoms with Crippen LogP contribution in [0.3, 0.4) is 0 Å². The molecule has 0 spiro atoms. The first-order chi connectivity index (χ1) is 12.7. The Hall–Kier alpha value is -2.82. The minimum absolute atomic E-state index is 0.151. The van der Waals surface area contributed by atoms with E-state index < -0.39 is 0 Å². The molecule has 27 heavy (non-hydrogen) atoms. The number of amides is 2. The molecule has 0 radical (unpaired) electrons. The van der Waals surface area contributed by atoms with E-state index in [2.05, 4.69) is 29.4 Å². The molecule has 0 bridgehead atoms. The first-order valence-corrected chi connectivity index (χ1v) is 9.32. The molecular formula is C22H29N3O2. The summed E-state index contributed by atoms with van der Waals surface area (Å²) in [5.41, 5.74) is 2.61. The van der Waals surface area contributed by atoms with Gasteiger partial charge in [-0.3, -0.25) is 9.59 Å². The zero-order valence-corrected chi connectivity index (χ0v) is 16.8. The molecule has 0 aliphatic heterocycles. The summed E-state index contributed by atoms with van der Waals surface area (Å²) in [6.45, 7) is 11.9. The summed E-state index contributed by atoms with van der Waals surface area (Å²) in [5, 5.41) is 5.79. The van der Waals surface area contributed by atoms with E-state index >= 15 is 0 Å². The van der Waals surface area contributed by atoms with Crippen LogP contribution in [0.1, 0.15) is 55.3 Å². The second-order valence-electron chi connectivity index (χ2n) is 7.45. The summed E-state index contributed by atoms with van der Waals surface area (Å²) in [6, 6.07) is 14.5. The molecule has 0 aliphatic carbocycles. The Morgan fingerprint density at radius 1 is 0.815 bits per heavy atom. The largest absolute Gasteiger partial charge is 0.372 e. The number of hydrogen-bond donors (Lipinski definition) is 2. The van der Waals surface area contributed by atoms with Crippen LogP contribution >= 0.6 is 0 Å². The summed E-state index contributed by atoms with van der Waals surface area (Å²) in [6.07, 6.45) is 0. The predicted molar refractivity (Wildman–Crippen MR) is 112 cm³/mol. The molecule has 2 amide bonds. The molecule has 5 heteroatoms. The average molecular weight is 367 g/mol. The fraction of sp³-hybridized carbons (Fsp3) is 0.364. The minimum Gasteiger partial charge on any atom is -0.372 e. The number of nitrogens with zero attached hydrogens (tertiary/aromatic N) is 1. The van der Waals surface area contributed by atoms with Crippen LogP contribution in [0.2, 0.25) is 0 Å². The Morgan fingerprint density at radius 2 is 1.30 bits per heavy atom. The van der Waals surface area contributed by atoms with Crippen LogP contribution in [0.15, 0.2) is 48.5 Å². The van der Waals surface area contributed by atoms with Gasteiger partial charge in [-0.05, 0) is 83.1 Å². The van der Waals surface area contributed by atoms with Gasteiger partial charge in [0.2, 0.25) is 0 Å². The zero-order chi connectivity index (χ0) is 20.0. The molecular weight excluding hydrogens is 338 g/mol. The van der Waals surface area contributed by atoms with Crippen molar-refractivity contribution in [3.63, 3.8) is 0 Å². The lowest BCUT2D eigenvalue weighted by Gasteiger charge is -2.21. The van der Waals surface area contributed by atoms with Gasteiger partial charge in [0.15, 0.2) is 0 Å². The van der Waals surface area contributed by atoms with Crippen molar-refractivity contribution in [2.45, 2.75) is 40.2 Å². The highest BCUT2D eigenvalue weighted by Gasteiger charge is 2.15. The number of hydrogen-bond acceptors (Lipinski definition) is 3. The molecule has 0 atom stereocenters. The van der Waals surface area contributed by atoms with Crippen molar-refractivity contribution >= 4 is 23.2 Å². The number of anilines is 2. The molecule has 0 aliphatic rings. The van der Waals surface area contributed by atoms with Crippen LogP contribution < -0.4 is 15.5 Å². The van der Waals surface area contributed by atoms with E-state index in [-0.39, 0.29) is 17.4 Å². The third-order valence-corrected chi connectivity index (χ3v) is 4.15. The van der Waals surface area contributed by atoms with E-state index in [1.165, 1.54) is 0 Å². The van der Waals surface area contributed by atoms with Crippen LogP contribution in [-0.4, -0.2) is 30.4 Å². The van der Waals surface area contributed by atoms with Crippen LogP contribution in [-0.2, 0) is 0 Å². The van der Waals surface area contributed by atoms with Crippen molar-refractivity contribution in [3.05, 3.63) is 59.7 Å². The molecule has 0 saturated carbocycles. The maximum atomic E-state index is 12.4. The minimum atomic E-state index is -0.301. The smallest absolute Gasteiger partial charge is 0.255 e. The van der Waals surface area contributed by atoms with E-state index in [1.807, 2.05) is 45.0 Å². The standard InChI is InChI=1S/C22H29N3O2/c1-6-25(7-2)19-14-12-18(13-15-19)23-20(26)16-8-10-17(11-9-16)21(27)24-22(3,4)5/h8-15H,6-7H2,1-5H3,(H,23,26)(H,24,27). The molecule has 0 unspecified atom stereocenters. The Labute approximate surface area is 161 Å². The Kier molecular flexibility index (Phi) is 6.61. The highest BCUT2D eigenvalue weighted by molar-refractivity contribution is 6.05. The van der Waals surface area contributed by atoms with Crippen molar-refractivity contribution in [1.29, 1.82) is 0 Å². The van der Waals surface area contributed by atoms with E-state index in [0.717, 1.165) is 24.5 Å². The monoisotopic (exact) mass is 367 g/mol. The molecule has 0 saturated heterocycles. The summed E-state index contributed by atoms with van der Waals surface area (Å²) in [4.78, 5) is 26.8. The first kappa shape index (κ1) is 20.5. The number of carbonyl (C=O) groups excluding carboxylic acids is 2. The van der Waals surface area contributed by atoms with Gasteiger partial charge < -0.3 is 15.5 Å². The molecule has 2 aromatic carbocycles. The third-order valence-electron chi connectivity index (χ3n) is 4.15. The zero-order valence-electron chi connectivity index (χ0n) is 16.8. The summed E-state index contributed by atoms with van der Waals surface area (Å²) < 4.78 is 0. The molecule has 2 N–H and O–H groups in total. The normalized spacial score (nSPS) is 11.0. The summed E-state index contributed by atoms with van der Waals surface area (Å²) >= 11 is 0. The lowest BCUT2D eigenvalue weighted by Crippen LogP contribution is -2.40. The highest BCUT2D eigenvalue weighted by Crippen LogP contribution is 2.18. The molecule has 144 valence electrons. The van der Waals surface area contributed by atoms with Gasteiger partial charge in [-0.15, -0.1) is 0 Å². The van der Waals surface area contributed by atoms with Crippen molar-refractivity contribution in [2.75, 3.05) is 23.3 Å².